The van der Waals surface area contributed by atoms with Crippen molar-refractivity contribution < 1.29 is 13.9 Å². The number of nitrogens with zero attached hydrogens (tertiary/aromatic N) is 4. The second-order valence-electron chi connectivity index (χ2n) is 7.40. The highest BCUT2D eigenvalue weighted by molar-refractivity contribution is 7.99. The zero-order chi connectivity index (χ0) is 22.0. The molecule has 1 fully saturated rings. The summed E-state index contributed by atoms with van der Waals surface area (Å²) in [6, 6.07) is 10.9. The highest BCUT2D eigenvalue weighted by Gasteiger charge is 2.40. The molecule has 0 saturated carbocycles. The highest BCUT2D eigenvalue weighted by atomic mass is 35.5. The molecule has 6 nitrogen and oxygen atoms in total. The molecule has 1 saturated heterocycles. The normalized spacial score (nSPS) is 20.9. The molecule has 3 aromatic rings. The van der Waals surface area contributed by atoms with Gasteiger partial charge in [0.1, 0.15) is 10.8 Å². The maximum absolute atomic E-state index is 15.5. The van der Waals surface area contributed by atoms with Crippen LogP contribution in [0.3, 0.4) is 0 Å². The van der Waals surface area contributed by atoms with Gasteiger partial charge in [0.05, 0.1) is 23.8 Å². The molecular weight excluding hydrogens is 439 g/mol. The van der Waals surface area contributed by atoms with E-state index in [1.165, 1.54) is 11.8 Å². The number of pyridine rings is 1. The first-order valence-corrected chi connectivity index (χ1v) is 10.9. The molecule has 0 spiro atoms. The Morgan fingerprint density at radius 2 is 2.26 bits per heavy atom. The molecule has 0 bridgehead atoms. The zero-order valence-electron chi connectivity index (χ0n) is 17.0. The molecule has 31 heavy (non-hydrogen) atoms. The highest BCUT2D eigenvalue weighted by Crippen LogP contribution is 2.42. The molecule has 0 N–H and O–H groups in total. The van der Waals surface area contributed by atoms with Gasteiger partial charge in [0.25, 0.3) is 0 Å². The number of nitriles is 1. The van der Waals surface area contributed by atoms with Gasteiger partial charge >= 0.3 is 0 Å². The molecule has 1 aromatic carbocycles. The van der Waals surface area contributed by atoms with E-state index in [4.69, 9.17) is 21.1 Å². The lowest BCUT2D eigenvalue weighted by Crippen LogP contribution is -2.37. The Hall–Kier alpha value is -2.60. The monoisotopic (exact) mass is 458 g/mol. The fourth-order valence-corrected chi connectivity index (χ4v) is 4.83. The van der Waals surface area contributed by atoms with Crippen molar-refractivity contribution in [3.05, 3.63) is 59.1 Å². The lowest BCUT2D eigenvalue weighted by atomic mass is 9.73. The van der Waals surface area contributed by atoms with Crippen LogP contribution < -0.4 is 4.74 Å². The largest absolute Gasteiger partial charge is 0.419 e. The van der Waals surface area contributed by atoms with Gasteiger partial charge in [-0.3, -0.25) is 0 Å². The molecule has 0 amide bonds. The number of halogens is 2. The van der Waals surface area contributed by atoms with Gasteiger partial charge in [0.2, 0.25) is 11.8 Å². The summed E-state index contributed by atoms with van der Waals surface area (Å²) < 4.78 is 28.3. The Bertz CT molecular complexity index is 1150. The third kappa shape index (κ3) is 4.40. The minimum absolute atomic E-state index is 0.0981. The zero-order valence-corrected chi connectivity index (χ0v) is 18.6. The van der Waals surface area contributed by atoms with Gasteiger partial charge < -0.3 is 9.47 Å². The van der Waals surface area contributed by atoms with Gasteiger partial charge in [-0.25, -0.2) is 14.1 Å². The van der Waals surface area contributed by atoms with Crippen molar-refractivity contribution in [2.75, 3.05) is 6.61 Å². The minimum Gasteiger partial charge on any atom is -0.419 e. The van der Waals surface area contributed by atoms with Gasteiger partial charge in [-0.2, -0.15) is 10.4 Å². The van der Waals surface area contributed by atoms with Crippen molar-refractivity contribution in [3.8, 4) is 17.8 Å². The Balaban J connectivity index is 1.59. The smallest absolute Gasteiger partial charge is 0.240 e. The Labute approximate surface area is 188 Å². The van der Waals surface area contributed by atoms with Crippen LogP contribution in [0.2, 0.25) is 5.02 Å². The minimum atomic E-state index is -0.894. The molecule has 2 aromatic heterocycles. The quantitative estimate of drug-likeness (QED) is 0.501. The first-order valence-electron chi connectivity index (χ1n) is 9.73. The summed E-state index contributed by atoms with van der Waals surface area (Å²) in [4.78, 5) is 5.33. The van der Waals surface area contributed by atoms with Crippen molar-refractivity contribution in [2.45, 2.75) is 41.1 Å². The molecule has 0 radical (unpaired) electrons. The summed E-state index contributed by atoms with van der Waals surface area (Å²) in [6.45, 7) is 2.34. The van der Waals surface area contributed by atoms with Crippen LogP contribution in [0.4, 0.5) is 4.39 Å². The summed E-state index contributed by atoms with van der Waals surface area (Å²) in [5, 5.41) is 14.2. The second kappa shape index (κ2) is 8.87. The summed E-state index contributed by atoms with van der Waals surface area (Å²) in [6.07, 6.45) is 4.01. The number of hydrogen-bond donors (Lipinski definition) is 0. The van der Waals surface area contributed by atoms with E-state index in [0.717, 1.165) is 0 Å². The molecule has 0 unspecified atom stereocenters. The number of hydrogen-bond acceptors (Lipinski definition) is 6. The van der Waals surface area contributed by atoms with Crippen LogP contribution in [0.25, 0.3) is 0 Å². The van der Waals surface area contributed by atoms with E-state index in [1.54, 1.807) is 54.5 Å². The van der Waals surface area contributed by atoms with Gasteiger partial charge in [-0.05, 0) is 31.9 Å². The number of rotatable bonds is 5. The van der Waals surface area contributed by atoms with Gasteiger partial charge in [-0.1, -0.05) is 35.5 Å². The number of ether oxygens (including phenoxy) is 2. The first-order chi connectivity index (χ1) is 14.9. The summed E-state index contributed by atoms with van der Waals surface area (Å²) in [5.74, 6) is 0.346. The molecule has 3 heterocycles. The van der Waals surface area contributed by atoms with Crippen molar-refractivity contribution in [3.63, 3.8) is 0 Å². The second-order valence-corrected chi connectivity index (χ2v) is 8.92. The average molecular weight is 459 g/mol. The van der Waals surface area contributed by atoms with E-state index in [9.17, 15) is 5.26 Å². The van der Waals surface area contributed by atoms with E-state index in [-0.39, 0.29) is 12.0 Å². The lowest BCUT2D eigenvalue weighted by Gasteiger charge is -2.35. The van der Waals surface area contributed by atoms with Crippen LogP contribution in [0.15, 0.2) is 52.5 Å². The maximum atomic E-state index is 15.5. The van der Waals surface area contributed by atoms with Crippen molar-refractivity contribution in [1.82, 2.24) is 14.8 Å². The molecule has 4 rings (SSSR count). The van der Waals surface area contributed by atoms with E-state index < -0.39 is 11.2 Å². The van der Waals surface area contributed by atoms with Gasteiger partial charge in [0.15, 0.2) is 0 Å². The molecule has 160 valence electrons. The van der Waals surface area contributed by atoms with E-state index in [1.807, 2.05) is 6.92 Å². The van der Waals surface area contributed by atoms with E-state index >= 15 is 4.39 Å². The number of aryl methyl sites for hydroxylation is 1. The summed E-state index contributed by atoms with van der Waals surface area (Å²) in [7, 11) is 1.75. The first kappa shape index (κ1) is 21.6. The molecule has 9 heteroatoms. The third-order valence-corrected chi connectivity index (χ3v) is 6.51. The summed E-state index contributed by atoms with van der Waals surface area (Å²) in [5.41, 5.74) is -0.486. The average Bonchev–Trinajstić information content (AvgIpc) is 3.16. The number of aromatic nitrogens is 3. The number of benzene rings is 1. The molecule has 1 aliphatic rings. The Morgan fingerprint density at radius 3 is 2.94 bits per heavy atom. The predicted octanol–water partition coefficient (Wildman–Crippen LogP) is 5.51. The van der Waals surface area contributed by atoms with Crippen LogP contribution in [0.1, 0.15) is 25.3 Å². The maximum Gasteiger partial charge on any atom is 0.240 e. The Morgan fingerprint density at radius 1 is 1.42 bits per heavy atom. The van der Waals surface area contributed by atoms with Gasteiger partial charge in [0, 0.05) is 41.3 Å². The van der Waals surface area contributed by atoms with Crippen LogP contribution in [-0.4, -0.2) is 27.5 Å². The molecular formula is C22H20ClFN4O2S. The molecule has 2 atom stereocenters. The topological polar surface area (TPSA) is 73.0 Å². The molecule has 0 aliphatic carbocycles. The lowest BCUT2D eigenvalue weighted by molar-refractivity contribution is 0.00275. The predicted molar refractivity (Wildman–Crippen MR) is 115 cm³/mol. The van der Waals surface area contributed by atoms with Gasteiger partial charge in [-0.15, -0.1) is 0 Å². The third-order valence-electron chi connectivity index (χ3n) is 5.25. The van der Waals surface area contributed by atoms with Crippen LogP contribution in [0, 0.1) is 17.1 Å². The summed E-state index contributed by atoms with van der Waals surface area (Å²) >= 11 is 7.54. The van der Waals surface area contributed by atoms with Crippen molar-refractivity contribution >= 4 is 23.4 Å². The fraction of sp³-hybridized carbons (Fsp3) is 0.318. The van der Waals surface area contributed by atoms with Crippen LogP contribution in [0.5, 0.6) is 11.8 Å². The fourth-order valence-electron chi connectivity index (χ4n) is 3.68. The van der Waals surface area contributed by atoms with E-state index in [2.05, 4.69) is 16.2 Å². The van der Waals surface area contributed by atoms with Crippen LogP contribution in [-0.2, 0) is 17.2 Å². The standard InChI is InChI=1S/C22H20ClFN4O2S/c1-14-11-22(13-25,7-9-29-14)16-4-3-5-18(20(16)24)31-15-10-17(23)21(26-12-15)30-19-6-8-27-28(19)2/h3-6,8,10,12,14H,7,9,11H2,1-2H3/t14-,22-/m0/s1. The van der Waals surface area contributed by atoms with Crippen molar-refractivity contribution in [2.24, 2.45) is 7.05 Å². The van der Waals surface area contributed by atoms with Crippen LogP contribution >= 0.6 is 23.4 Å². The van der Waals surface area contributed by atoms with Crippen molar-refractivity contribution in [1.29, 1.82) is 5.26 Å². The van der Waals surface area contributed by atoms with E-state index in [0.29, 0.717) is 45.7 Å². The molecule has 1 aliphatic heterocycles. The SMILES string of the molecule is C[C@H]1C[C@@](C#N)(c2cccc(Sc3cnc(Oc4ccnn4C)c(Cl)c3)c2F)CCO1. The Kier molecular flexibility index (Phi) is 6.19.